The van der Waals surface area contributed by atoms with Crippen LogP contribution in [-0.4, -0.2) is 44.5 Å². The van der Waals surface area contributed by atoms with Gasteiger partial charge in [-0.05, 0) is 53.7 Å². The monoisotopic (exact) mass is 506 g/mol. The van der Waals surface area contributed by atoms with Crippen LogP contribution in [0.25, 0.3) is 17.1 Å². The summed E-state index contributed by atoms with van der Waals surface area (Å²) in [5, 5.41) is 18.5. The van der Waals surface area contributed by atoms with E-state index < -0.39 is 0 Å². The molecule has 0 bridgehead atoms. The molecule has 4 aromatic rings. The van der Waals surface area contributed by atoms with Gasteiger partial charge in [-0.2, -0.15) is 0 Å². The fraction of sp³-hybridized carbons (Fsp3) is 0.0870. The molecule has 1 heterocycles. The Morgan fingerprint density at radius 1 is 1.00 bits per heavy atom. The molecule has 9 nitrogen and oxygen atoms in total. The second-order valence-electron chi connectivity index (χ2n) is 6.86. The van der Waals surface area contributed by atoms with Gasteiger partial charge in [-0.1, -0.05) is 34.1 Å². The third kappa shape index (κ3) is 5.24. The van der Waals surface area contributed by atoms with Gasteiger partial charge in [-0.15, -0.1) is 15.0 Å². The number of anilines is 2. The summed E-state index contributed by atoms with van der Waals surface area (Å²) in [7, 11) is 1.59. The average molecular weight is 507 g/mol. The predicted molar refractivity (Wildman–Crippen MR) is 128 cm³/mol. The molecule has 0 saturated carbocycles. The number of methoxy groups -OCH3 is 1. The maximum Gasteiger partial charge on any atom is 0.255 e. The zero-order valence-corrected chi connectivity index (χ0v) is 19.1. The lowest BCUT2D eigenvalue weighted by Crippen LogP contribution is -2.14. The number of hydrogen-bond acceptors (Lipinski definition) is 6. The molecule has 0 saturated heterocycles. The summed E-state index contributed by atoms with van der Waals surface area (Å²) in [5.74, 6) is 0.565. The molecule has 0 spiro atoms. The van der Waals surface area contributed by atoms with Crippen molar-refractivity contribution in [3.05, 3.63) is 78.4 Å². The van der Waals surface area contributed by atoms with Crippen molar-refractivity contribution in [1.29, 1.82) is 0 Å². The Labute approximate surface area is 197 Å². The molecule has 2 N–H and O–H groups in total. The third-order valence-electron chi connectivity index (χ3n) is 4.67. The van der Waals surface area contributed by atoms with Crippen molar-refractivity contribution in [1.82, 2.24) is 20.2 Å². The highest BCUT2D eigenvalue weighted by molar-refractivity contribution is 9.09. The molecule has 0 unspecified atom stereocenters. The van der Waals surface area contributed by atoms with Gasteiger partial charge in [0.2, 0.25) is 11.7 Å². The Balaban J connectivity index is 1.54. The lowest BCUT2D eigenvalue weighted by molar-refractivity contribution is -0.113. The standard InChI is InChI=1S/C23H19BrN6O3/c1-33-18-6-4-5-17(13-18)30-28-22(27-29-30)19-7-2-3-8-20(19)26-23(32)15-9-11-16(12-10-15)25-21(31)14-24/h2-13H,14H2,1H3,(H,25,31)(H,26,32). The van der Waals surface area contributed by atoms with E-state index in [4.69, 9.17) is 4.74 Å². The minimum absolute atomic E-state index is 0.171. The lowest BCUT2D eigenvalue weighted by Gasteiger charge is -2.09. The minimum atomic E-state index is -0.305. The van der Waals surface area contributed by atoms with Crippen LogP contribution in [0.1, 0.15) is 10.4 Å². The Morgan fingerprint density at radius 3 is 2.55 bits per heavy atom. The fourth-order valence-electron chi connectivity index (χ4n) is 3.05. The second-order valence-corrected chi connectivity index (χ2v) is 7.42. The van der Waals surface area contributed by atoms with Gasteiger partial charge in [-0.3, -0.25) is 9.59 Å². The fourth-order valence-corrected chi connectivity index (χ4v) is 3.19. The molecule has 166 valence electrons. The lowest BCUT2D eigenvalue weighted by atomic mass is 10.1. The first kappa shape index (κ1) is 22.2. The molecule has 33 heavy (non-hydrogen) atoms. The summed E-state index contributed by atoms with van der Waals surface area (Å²) >= 11 is 3.10. The van der Waals surface area contributed by atoms with Crippen LogP contribution in [0.3, 0.4) is 0 Å². The number of benzene rings is 3. The number of para-hydroxylation sites is 1. The van der Waals surface area contributed by atoms with Gasteiger partial charge in [0, 0.05) is 22.9 Å². The molecule has 0 radical (unpaired) electrons. The highest BCUT2D eigenvalue weighted by Crippen LogP contribution is 2.26. The molecular formula is C23H19BrN6O3. The Hall–Kier alpha value is -4.05. The molecule has 10 heteroatoms. The molecule has 0 fully saturated rings. The van der Waals surface area contributed by atoms with Crippen molar-refractivity contribution in [3.8, 4) is 22.8 Å². The van der Waals surface area contributed by atoms with Gasteiger partial charge in [0.05, 0.1) is 23.8 Å². The van der Waals surface area contributed by atoms with Gasteiger partial charge in [0.15, 0.2) is 0 Å². The van der Waals surface area contributed by atoms with E-state index in [9.17, 15) is 9.59 Å². The maximum absolute atomic E-state index is 12.8. The largest absolute Gasteiger partial charge is 0.497 e. The summed E-state index contributed by atoms with van der Waals surface area (Å²) in [6.45, 7) is 0. The SMILES string of the molecule is COc1cccc(-n2nnc(-c3ccccc3NC(=O)c3ccc(NC(=O)CBr)cc3)n2)c1. The van der Waals surface area contributed by atoms with E-state index in [1.165, 1.54) is 4.80 Å². The van der Waals surface area contributed by atoms with Crippen LogP contribution in [0, 0.1) is 0 Å². The molecule has 4 rings (SSSR count). The number of amides is 2. The summed E-state index contributed by atoms with van der Waals surface area (Å²) in [6, 6.07) is 21.1. The van der Waals surface area contributed by atoms with E-state index in [-0.39, 0.29) is 17.1 Å². The van der Waals surface area contributed by atoms with Gasteiger partial charge in [-0.25, -0.2) is 0 Å². The summed E-state index contributed by atoms with van der Waals surface area (Å²) in [5.41, 5.74) is 2.91. The van der Waals surface area contributed by atoms with Crippen LogP contribution in [0.5, 0.6) is 5.75 Å². The van der Waals surface area contributed by atoms with Crippen LogP contribution >= 0.6 is 15.9 Å². The topological polar surface area (TPSA) is 111 Å². The van der Waals surface area contributed by atoms with E-state index in [0.29, 0.717) is 39.8 Å². The number of halogens is 1. The summed E-state index contributed by atoms with van der Waals surface area (Å²) in [4.78, 5) is 25.7. The van der Waals surface area contributed by atoms with Crippen LogP contribution in [0.15, 0.2) is 72.8 Å². The van der Waals surface area contributed by atoms with Gasteiger partial charge < -0.3 is 15.4 Å². The van der Waals surface area contributed by atoms with Crippen molar-refractivity contribution >= 4 is 39.1 Å². The first-order chi connectivity index (χ1) is 16.1. The van der Waals surface area contributed by atoms with Crippen molar-refractivity contribution in [2.45, 2.75) is 0 Å². The minimum Gasteiger partial charge on any atom is -0.497 e. The maximum atomic E-state index is 12.8. The Morgan fingerprint density at radius 2 is 1.79 bits per heavy atom. The highest BCUT2D eigenvalue weighted by Gasteiger charge is 2.15. The van der Waals surface area contributed by atoms with Crippen LogP contribution in [0.4, 0.5) is 11.4 Å². The number of nitrogens with one attached hydrogen (secondary N) is 2. The quantitative estimate of drug-likeness (QED) is 0.367. The molecule has 0 aliphatic rings. The molecule has 1 aromatic heterocycles. The molecular weight excluding hydrogens is 488 g/mol. The smallest absolute Gasteiger partial charge is 0.255 e. The van der Waals surface area contributed by atoms with E-state index in [2.05, 4.69) is 42.0 Å². The van der Waals surface area contributed by atoms with Crippen molar-refractivity contribution < 1.29 is 14.3 Å². The number of carbonyl (C=O) groups excluding carboxylic acids is 2. The summed E-state index contributed by atoms with van der Waals surface area (Å²) in [6.07, 6.45) is 0. The number of rotatable bonds is 7. The van der Waals surface area contributed by atoms with E-state index in [1.54, 1.807) is 49.6 Å². The average Bonchev–Trinajstić information content (AvgIpc) is 3.35. The van der Waals surface area contributed by atoms with Crippen LogP contribution in [0.2, 0.25) is 0 Å². The number of carbonyl (C=O) groups is 2. The molecule has 0 atom stereocenters. The first-order valence-corrected chi connectivity index (χ1v) is 11.0. The van der Waals surface area contributed by atoms with Crippen LogP contribution < -0.4 is 15.4 Å². The molecule has 0 aliphatic heterocycles. The summed E-state index contributed by atoms with van der Waals surface area (Å²) < 4.78 is 5.25. The number of alkyl halides is 1. The third-order valence-corrected chi connectivity index (χ3v) is 5.18. The molecule has 2 amide bonds. The Bertz CT molecular complexity index is 1290. The van der Waals surface area contributed by atoms with E-state index in [0.717, 1.165) is 0 Å². The number of aromatic nitrogens is 4. The number of nitrogens with zero attached hydrogens (tertiary/aromatic N) is 4. The predicted octanol–water partition coefficient (Wildman–Crippen LogP) is 3.92. The first-order valence-electron chi connectivity index (χ1n) is 9.88. The zero-order chi connectivity index (χ0) is 23.2. The van der Waals surface area contributed by atoms with Crippen molar-refractivity contribution in [2.24, 2.45) is 0 Å². The number of ether oxygens (including phenoxy) is 1. The zero-order valence-electron chi connectivity index (χ0n) is 17.5. The highest BCUT2D eigenvalue weighted by atomic mass is 79.9. The number of tetrazole rings is 1. The second kappa shape index (κ2) is 10.0. The van der Waals surface area contributed by atoms with Gasteiger partial charge >= 0.3 is 0 Å². The molecule has 0 aliphatic carbocycles. The van der Waals surface area contributed by atoms with Gasteiger partial charge in [0.25, 0.3) is 5.91 Å². The van der Waals surface area contributed by atoms with E-state index in [1.807, 2.05) is 30.3 Å². The van der Waals surface area contributed by atoms with Crippen molar-refractivity contribution in [2.75, 3.05) is 23.1 Å². The van der Waals surface area contributed by atoms with E-state index >= 15 is 0 Å². The van der Waals surface area contributed by atoms with Crippen molar-refractivity contribution in [3.63, 3.8) is 0 Å². The number of hydrogen-bond donors (Lipinski definition) is 2. The van der Waals surface area contributed by atoms with Crippen LogP contribution in [-0.2, 0) is 4.79 Å². The van der Waals surface area contributed by atoms with Gasteiger partial charge in [0.1, 0.15) is 5.75 Å². The molecule has 3 aromatic carbocycles. The normalized spacial score (nSPS) is 10.5. The Kier molecular flexibility index (Phi) is 6.75.